The number of nitrogens with one attached hydrogen (secondary N) is 2. The van der Waals surface area contributed by atoms with Crippen LogP contribution in [0.1, 0.15) is 16.2 Å². The summed E-state index contributed by atoms with van der Waals surface area (Å²) in [6.07, 6.45) is 4.32. The van der Waals surface area contributed by atoms with E-state index in [9.17, 15) is 4.79 Å². The molecule has 0 saturated carbocycles. The monoisotopic (exact) mass is 233 g/mol. The van der Waals surface area contributed by atoms with Crippen LogP contribution in [0.5, 0.6) is 0 Å². The van der Waals surface area contributed by atoms with Crippen molar-refractivity contribution in [1.82, 2.24) is 20.4 Å². The average molecular weight is 233 g/mol. The predicted octanol–water partition coefficient (Wildman–Crippen LogP) is 0.436. The first-order valence-electron chi connectivity index (χ1n) is 4.96. The van der Waals surface area contributed by atoms with Crippen LogP contribution in [0.2, 0.25) is 0 Å². The summed E-state index contributed by atoms with van der Waals surface area (Å²) < 4.78 is 4.56. The zero-order valence-corrected chi connectivity index (χ0v) is 9.17. The van der Waals surface area contributed by atoms with E-state index in [-0.39, 0.29) is 12.5 Å². The van der Waals surface area contributed by atoms with Crippen LogP contribution in [0.4, 0.5) is 5.69 Å². The van der Waals surface area contributed by atoms with Crippen LogP contribution in [-0.2, 0) is 6.54 Å². The molecular formula is C10H11N5O2. The molecule has 0 unspecified atom stereocenters. The van der Waals surface area contributed by atoms with Crippen molar-refractivity contribution < 1.29 is 9.32 Å². The van der Waals surface area contributed by atoms with Gasteiger partial charge in [-0.25, -0.2) is 0 Å². The first kappa shape index (κ1) is 11.1. The molecule has 0 aromatic carbocycles. The fourth-order valence-corrected chi connectivity index (χ4v) is 1.32. The lowest BCUT2D eigenvalue weighted by atomic mass is 10.2. The Morgan fingerprint density at radius 2 is 2.41 bits per heavy atom. The molecule has 0 radical (unpaired) electrons. The Kier molecular flexibility index (Phi) is 3.29. The Labute approximate surface area is 97.2 Å². The quantitative estimate of drug-likeness (QED) is 0.795. The van der Waals surface area contributed by atoms with Gasteiger partial charge in [0.1, 0.15) is 0 Å². The Balaban J connectivity index is 2.04. The second kappa shape index (κ2) is 5.06. The van der Waals surface area contributed by atoms with Crippen molar-refractivity contribution in [2.24, 2.45) is 0 Å². The average Bonchev–Trinajstić information content (AvgIpc) is 2.89. The van der Waals surface area contributed by atoms with Crippen LogP contribution in [0.3, 0.4) is 0 Å². The molecule has 2 aromatic heterocycles. The molecule has 7 nitrogen and oxygen atoms in total. The number of hydrogen-bond donors (Lipinski definition) is 2. The Morgan fingerprint density at radius 3 is 3.12 bits per heavy atom. The van der Waals surface area contributed by atoms with Gasteiger partial charge >= 0.3 is 0 Å². The summed E-state index contributed by atoms with van der Waals surface area (Å²) in [5, 5.41) is 9.18. The van der Waals surface area contributed by atoms with Gasteiger partial charge in [0.25, 0.3) is 5.91 Å². The molecule has 1 amide bonds. The fraction of sp³-hybridized carbons (Fsp3) is 0.200. The van der Waals surface area contributed by atoms with Gasteiger partial charge in [-0.15, -0.1) is 0 Å². The minimum atomic E-state index is -0.243. The van der Waals surface area contributed by atoms with Crippen LogP contribution in [0, 0.1) is 0 Å². The maximum Gasteiger partial charge on any atom is 0.255 e. The third kappa shape index (κ3) is 2.57. The summed E-state index contributed by atoms with van der Waals surface area (Å²) in [5.74, 6) is 0.181. The van der Waals surface area contributed by atoms with Crippen LogP contribution in [-0.4, -0.2) is 28.1 Å². The lowest BCUT2D eigenvalue weighted by Gasteiger charge is -2.07. The highest BCUT2D eigenvalue weighted by molar-refractivity contribution is 5.99. The summed E-state index contributed by atoms with van der Waals surface area (Å²) in [4.78, 5) is 19.6. The number of aromatic nitrogens is 3. The SMILES string of the molecule is CNc1ccncc1C(=O)NCc1ncon1. The van der Waals surface area contributed by atoms with E-state index in [1.807, 2.05) is 0 Å². The molecule has 88 valence electrons. The molecule has 7 heteroatoms. The number of hydrogen-bond acceptors (Lipinski definition) is 6. The van der Waals surface area contributed by atoms with E-state index in [4.69, 9.17) is 0 Å². The molecule has 0 fully saturated rings. The predicted molar refractivity (Wildman–Crippen MR) is 59.3 cm³/mol. The molecule has 2 heterocycles. The van der Waals surface area contributed by atoms with E-state index in [0.29, 0.717) is 17.1 Å². The molecule has 2 N–H and O–H groups in total. The first-order chi connectivity index (χ1) is 8.31. The zero-order valence-electron chi connectivity index (χ0n) is 9.17. The van der Waals surface area contributed by atoms with Crippen molar-refractivity contribution in [3.05, 3.63) is 36.2 Å². The smallest absolute Gasteiger partial charge is 0.255 e. The molecular weight excluding hydrogens is 222 g/mol. The highest BCUT2D eigenvalue weighted by Gasteiger charge is 2.11. The molecule has 0 aliphatic heterocycles. The molecule has 0 bridgehead atoms. The molecule has 0 spiro atoms. The largest absolute Gasteiger partial charge is 0.387 e. The van der Waals surface area contributed by atoms with E-state index >= 15 is 0 Å². The first-order valence-corrected chi connectivity index (χ1v) is 4.96. The molecule has 0 aliphatic carbocycles. The van der Waals surface area contributed by atoms with Gasteiger partial charge in [-0.1, -0.05) is 5.16 Å². The van der Waals surface area contributed by atoms with Crippen LogP contribution in [0.15, 0.2) is 29.4 Å². The van der Waals surface area contributed by atoms with Crippen molar-refractivity contribution in [1.29, 1.82) is 0 Å². The summed E-state index contributed by atoms with van der Waals surface area (Å²) in [6, 6.07) is 1.73. The zero-order chi connectivity index (χ0) is 12.1. The maximum atomic E-state index is 11.8. The second-order valence-corrected chi connectivity index (χ2v) is 3.20. The van der Waals surface area contributed by atoms with E-state index in [2.05, 4.69) is 30.3 Å². The van der Waals surface area contributed by atoms with Gasteiger partial charge in [0.2, 0.25) is 6.39 Å². The van der Waals surface area contributed by atoms with Crippen molar-refractivity contribution in [3.63, 3.8) is 0 Å². The van der Waals surface area contributed by atoms with Gasteiger partial charge in [0, 0.05) is 25.1 Å². The molecule has 0 atom stereocenters. The van der Waals surface area contributed by atoms with E-state index in [1.54, 1.807) is 19.3 Å². The Hall–Kier alpha value is -2.44. The summed E-state index contributed by atoms with van der Waals surface area (Å²) in [6.45, 7) is 0.216. The van der Waals surface area contributed by atoms with Crippen molar-refractivity contribution in [2.75, 3.05) is 12.4 Å². The van der Waals surface area contributed by atoms with Gasteiger partial charge < -0.3 is 15.2 Å². The third-order valence-corrected chi connectivity index (χ3v) is 2.15. The highest BCUT2D eigenvalue weighted by Crippen LogP contribution is 2.12. The molecule has 17 heavy (non-hydrogen) atoms. The molecule has 2 rings (SSSR count). The minimum Gasteiger partial charge on any atom is -0.387 e. The lowest BCUT2D eigenvalue weighted by molar-refractivity contribution is 0.0950. The summed E-state index contributed by atoms with van der Waals surface area (Å²) >= 11 is 0. The fourth-order valence-electron chi connectivity index (χ4n) is 1.32. The molecule has 0 aliphatic rings. The van der Waals surface area contributed by atoms with Crippen molar-refractivity contribution in [2.45, 2.75) is 6.54 Å². The number of anilines is 1. The van der Waals surface area contributed by atoms with Gasteiger partial charge in [-0.2, -0.15) is 4.98 Å². The van der Waals surface area contributed by atoms with Crippen molar-refractivity contribution >= 4 is 11.6 Å². The number of nitrogens with zero attached hydrogens (tertiary/aromatic N) is 3. The second-order valence-electron chi connectivity index (χ2n) is 3.20. The lowest BCUT2D eigenvalue weighted by Crippen LogP contribution is -2.24. The van der Waals surface area contributed by atoms with E-state index in [0.717, 1.165) is 0 Å². The highest BCUT2D eigenvalue weighted by atomic mass is 16.5. The van der Waals surface area contributed by atoms with Gasteiger partial charge in [-0.3, -0.25) is 9.78 Å². The summed E-state index contributed by atoms with van der Waals surface area (Å²) in [7, 11) is 1.74. The van der Waals surface area contributed by atoms with Gasteiger partial charge in [-0.05, 0) is 6.07 Å². The molecule has 0 saturated heterocycles. The minimum absolute atomic E-state index is 0.216. The number of rotatable bonds is 4. The van der Waals surface area contributed by atoms with Crippen molar-refractivity contribution in [3.8, 4) is 0 Å². The normalized spacial score (nSPS) is 9.94. The molecule has 2 aromatic rings. The number of carbonyl (C=O) groups excluding carboxylic acids is 1. The number of carbonyl (C=O) groups is 1. The Bertz CT molecular complexity index is 497. The number of pyridine rings is 1. The standard InChI is InChI=1S/C10H11N5O2/c1-11-8-2-3-12-4-7(8)10(16)13-5-9-14-6-17-15-9/h2-4,6H,5H2,1H3,(H,11,12)(H,13,16). The van der Waals surface area contributed by atoms with Crippen LogP contribution < -0.4 is 10.6 Å². The van der Waals surface area contributed by atoms with Gasteiger partial charge in [0.15, 0.2) is 5.82 Å². The summed E-state index contributed by atoms with van der Waals surface area (Å²) in [5.41, 5.74) is 1.18. The van der Waals surface area contributed by atoms with E-state index in [1.165, 1.54) is 12.6 Å². The maximum absolute atomic E-state index is 11.8. The van der Waals surface area contributed by atoms with E-state index < -0.39 is 0 Å². The Morgan fingerprint density at radius 1 is 1.53 bits per heavy atom. The van der Waals surface area contributed by atoms with Gasteiger partial charge in [0.05, 0.1) is 12.1 Å². The third-order valence-electron chi connectivity index (χ3n) is 2.15. The topological polar surface area (TPSA) is 92.9 Å². The van der Waals surface area contributed by atoms with Crippen LogP contribution >= 0.6 is 0 Å². The number of amides is 1. The van der Waals surface area contributed by atoms with Crippen LogP contribution in [0.25, 0.3) is 0 Å².